The monoisotopic (exact) mass is 237 g/mol. The Morgan fingerprint density at radius 3 is 2.71 bits per heavy atom. The van der Waals surface area contributed by atoms with E-state index in [-0.39, 0.29) is 6.42 Å². The Hall–Kier alpha value is -1.39. The van der Waals surface area contributed by atoms with Crippen LogP contribution in [0.1, 0.15) is 18.4 Å². The highest BCUT2D eigenvalue weighted by atomic mass is 16.5. The summed E-state index contributed by atoms with van der Waals surface area (Å²) in [5, 5.41) is 11.7. The first kappa shape index (κ1) is 13.7. The number of nitrogens with one attached hydrogen (secondary N) is 1. The highest BCUT2D eigenvalue weighted by Gasteiger charge is 1.96. The third-order valence-corrected chi connectivity index (χ3v) is 2.27. The van der Waals surface area contributed by atoms with Crippen molar-refractivity contribution in [1.82, 2.24) is 5.32 Å². The Bertz CT molecular complexity index is 314. The quantitative estimate of drug-likeness (QED) is 0.641. The number of ether oxygens (including phenoxy) is 1. The van der Waals surface area contributed by atoms with Gasteiger partial charge >= 0.3 is 5.97 Å². The van der Waals surface area contributed by atoms with E-state index in [1.807, 2.05) is 18.2 Å². The fourth-order valence-electron chi connectivity index (χ4n) is 1.40. The average molecular weight is 237 g/mol. The van der Waals surface area contributed by atoms with E-state index in [1.165, 1.54) is 5.56 Å². The van der Waals surface area contributed by atoms with Gasteiger partial charge in [0.25, 0.3) is 0 Å². The predicted octanol–water partition coefficient (Wildman–Crippen LogP) is 1.66. The number of carboxylic acids is 1. The van der Waals surface area contributed by atoms with Crippen LogP contribution >= 0.6 is 0 Å². The lowest BCUT2D eigenvalue weighted by Gasteiger charge is -2.05. The van der Waals surface area contributed by atoms with Crippen molar-refractivity contribution in [2.24, 2.45) is 0 Å². The molecular formula is C13H19NO3. The van der Waals surface area contributed by atoms with Gasteiger partial charge in [0.2, 0.25) is 0 Å². The normalized spacial score (nSPS) is 10.4. The zero-order valence-corrected chi connectivity index (χ0v) is 9.89. The van der Waals surface area contributed by atoms with Gasteiger partial charge in [-0.25, -0.2) is 0 Å². The highest BCUT2D eigenvalue weighted by molar-refractivity contribution is 5.66. The fraction of sp³-hybridized carbons (Fsp3) is 0.462. The summed E-state index contributed by atoms with van der Waals surface area (Å²) >= 11 is 0. The van der Waals surface area contributed by atoms with Gasteiger partial charge in [-0.2, -0.15) is 0 Å². The van der Waals surface area contributed by atoms with Gasteiger partial charge in [0.05, 0.1) is 6.61 Å². The minimum Gasteiger partial charge on any atom is -0.481 e. The summed E-state index contributed by atoms with van der Waals surface area (Å²) in [6.45, 7) is 2.74. The van der Waals surface area contributed by atoms with Crippen LogP contribution in [-0.2, 0) is 16.1 Å². The van der Waals surface area contributed by atoms with Crippen LogP contribution in [0.15, 0.2) is 30.3 Å². The smallest absolute Gasteiger partial charge is 0.303 e. The van der Waals surface area contributed by atoms with Crippen LogP contribution in [0.4, 0.5) is 0 Å². The lowest BCUT2D eigenvalue weighted by Crippen LogP contribution is -2.19. The van der Waals surface area contributed by atoms with E-state index in [0.29, 0.717) is 19.6 Å². The van der Waals surface area contributed by atoms with Gasteiger partial charge in [0.15, 0.2) is 0 Å². The Labute approximate surface area is 102 Å². The molecule has 0 amide bonds. The minimum atomic E-state index is -0.768. The fourth-order valence-corrected chi connectivity index (χ4v) is 1.40. The summed E-state index contributed by atoms with van der Waals surface area (Å²) in [5.74, 6) is -0.768. The molecule has 4 nitrogen and oxygen atoms in total. The van der Waals surface area contributed by atoms with E-state index < -0.39 is 5.97 Å². The van der Waals surface area contributed by atoms with Crippen LogP contribution in [0.25, 0.3) is 0 Å². The summed E-state index contributed by atoms with van der Waals surface area (Å²) in [6, 6.07) is 10.2. The predicted molar refractivity (Wildman–Crippen MR) is 65.8 cm³/mol. The number of carbonyl (C=O) groups is 1. The molecule has 0 fully saturated rings. The molecule has 4 heteroatoms. The first-order chi connectivity index (χ1) is 8.29. The lowest BCUT2D eigenvalue weighted by atomic mass is 10.2. The molecule has 0 saturated heterocycles. The molecule has 94 valence electrons. The van der Waals surface area contributed by atoms with E-state index in [4.69, 9.17) is 9.84 Å². The lowest BCUT2D eigenvalue weighted by molar-refractivity contribution is -0.137. The molecule has 0 unspecified atom stereocenters. The second-order valence-electron chi connectivity index (χ2n) is 3.77. The average Bonchev–Trinajstić information content (AvgIpc) is 2.33. The largest absolute Gasteiger partial charge is 0.481 e. The summed E-state index contributed by atoms with van der Waals surface area (Å²) in [6.07, 6.45) is 0.755. The molecule has 0 bridgehead atoms. The maximum absolute atomic E-state index is 10.2. The minimum absolute atomic E-state index is 0.178. The van der Waals surface area contributed by atoms with Crippen molar-refractivity contribution >= 4 is 5.97 Å². The molecule has 0 atom stereocenters. The molecule has 0 aliphatic rings. The van der Waals surface area contributed by atoms with Gasteiger partial charge < -0.3 is 15.2 Å². The van der Waals surface area contributed by atoms with Crippen LogP contribution in [0.2, 0.25) is 0 Å². The molecular weight excluding hydrogens is 218 g/mol. The van der Waals surface area contributed by atoms with Crippen molar-refractivity contribution in [2.75, 3.05) is 19.8 Å². The van der Waals surface area contributed by atoms with Crippen molar-refractivity contribution in [1.29, 1.82) is 0 Å². The topological polar surface area (TPSA) is 58.6 Å². The molecule has 1 aromatic rings. The van der Waals surface area contributed by atoms with E-state index in [2.05, 4.69) is 17.4 Å². The SMILES string of the molecule is O=C(O)CCCOCCNCc1ccccc1. The van der Waals surface area contributed by atoms with Crippen LogP contribution in [0, 0.1) is 0 Å². The van der Waals surface area contributed by atoms with Crippen molar-refractivity contribution in [3.05, 3.63) is 35.9 Å². The first-order valence-electron chi connectivity index (χ1n) is 5.83. The molecule has 0 saturated carbocycles. The molecule has 1 rings (SSSR count). The number of hydrogen-bond donors (Lipinski definition) is 2. The molecule has 17 heavy (non-hydrogen) atoms. The second-order valence-corrected chi connectivity index (χ2v) is 3.77. The molecule has 0 heterocycles. The third-order valence-electron chi connectivity index (χ3n) is 2.27. The maximum atomic E-state index is 10.2. The Kier molecular flexibility index (Phi) is 7.02. The molecule has 1 aromatic carbocycles. The number of benzene rings is 1. The van der Waals surface area contributed by atoms with Crippen LogP contribution < -0.4 is 5.32 Å². The van der Waals surface area contributed by atoms with Gasteiger partial charge in [-0.1, -0.05) is 30.3 Å². The molecule has 0 aliphatic heterocycles. The molecule has 0 radical (unpaired) electrons. The van der Waals surface area contributed by atoms with E-state index in [1.54, 1.807) is 0 Å². The molecule has 2 N–H and O–H groups in total. The van der Waals surface area contributed by atoms with E-state index in [9.17, 15) is 4.79 Å². The van der Waals surface area contributed by atoms with Gasteiger partial charge in [-0.15, -0.1) is 0 Å². The zero-order valence-electron chi connectivity index (χ0n) is 9.89. The summed E-state index contributed by atoms with van der Waals surface area (Å²) in [5.41, 5.74) is 1.25. The van der Waals surface area contributed by atoms with Crippen molar-refractivity contribution in [3.8, 4) is 0 Å². The Morgan fingerprint density at radius 2 is 2.00 bits per heavy atom. The third kappa shape index (κ3) is 7.49. The van der Waals surface area contributed by atoms with Gasteiger partial charge in [0.1, 0.15) is 0 Å². The van der Waals surface area contributed by atoms with Crippen LogP contribution in [-0.4, -0.2) is 30.8 Å². The molecule has 0 aromatic heterocycles. The standard InChI is InChI=1S/C13H19NO3/c15-13(16)7-4-9-17-10-8-14-11-12-5-2-1-3-6-12/h1-3,5-6,14H,4,7-11H2,(H,15,16). The van der Waals surface area contributed by atoms with Gasteiger partial charge in [0, 0.05) is 26.1 Å². The van der Waals surface area contributed by atoms with Crippen molar-refractivity contribution in [2.45, 2.75) is 19.4 Å². The van der Waals surface area contributed by atoms with E-state index >= 15 is 0 Å². The summed E-state index contributed by atoms with van der Waals surface area (Å²) < 4.78 is 5.30. The summed E-state index contributed by atoms with van der Waals surface area (Å²) in [4.78, 5) is 10.2. The highest BCUT2D eigenvalue weighted by Crippen LogP contribution is 1.96. The first-order valence-corrected chi connectivity index (χ1v) is 5.83. The molecule has 0 spiro atoms. The number of rotatable bonds is 9. The zero-order chi connectivity index (χ0) is 12.3. The molecule has 0 aliphatic carbocycles. The maximum Gasteiger partial charge on any atom is 0.303 e. The van der Waals surface area contributed by atoms with Crippen LogP contribution in [0.3, 0.4) is 0 Å². The van der Waals surface area contributed by atoms with E-state index in [0.717, 1.165) is 13.1 Å². The number of carboxylic acid groups (broad SMARTS) is 1. The van der Waals surface area contributed by atoms with Crippen LogP contribution in [0.5, 0.6) is 0 Å². The number of aliphatic carboxylic acids is 1. The second kappa shape index (κ2) is 8.73. The Morgan fingerprint density at radius 1 is 1.24 bits per heavy atom. The summed E-state index contributed by atoms with van der Waals surface area (Å²) in [7, 11) is 0. The number of hydrogen-bond acceptors (Lipinski definition) is 3. The Balaban J connectivity index is 1.90. The van der Waals surface area contributed by atoms with Gasteiger partial charge in [-0.05, 0) is 12.0 Å². The van der Waals surface area contributed by atoms with Crippen molar-refractivity contribution < 1.29 is 14.6 Å². The van der Waals surface area contributed by atoms with Crippen molar-refractivity contribution in [3.63, 3.8) is 0 Å². The van der Waals surface area contributed by atoms with Gasteiger partial charge in [-0.3, -0.25) is 4.79 Å².